The van der Waals surface area contributed by atoms with Crippen LogP contribution in [-0.4, -0.2) is 34.0 Å². The average molecular weight is 536 g/mol. The zero-order valence-corrected chi connectivity index (χ0v) is 19.3. The number of benzene rings is 1. The summed E-state index contributed by atoms with van der Waals surface area (Å²) in [5, 5.41) is 17.4. The number of ether oxygens (including phenoxy) is 2. The first-order valence-electron chi connectivity index (χ1n) is 8.90. The molecule has 0 spiro atoms. The molecule has 1 aromatic carbocycles. The van der Waals surface area contributed by atoms with E-state index in [4.69, 9.17) is 14.5 Å². The minimum atomic E-state index is 0.476. The SMILES string of the molecule is COc1ccc(Br)c(OC)c1-c1cc(NCc2ccc[n+](O)c2)n2ncc(Br)c2n1. The van der Waals surface area contributed by atoms with E-state index in [0.717, 1.165) is 30.6 Å². The van der Waals surface area contributed by atoms with Crippen molar-refractivity contribution >= 4 is 43.3 Å². The van der Waals surface area contributed by atoms with Crippen LogP contribution < -0.4 is 19.5 Å². The van der Waals surface area contributed by atoms with E-state index in [9.17, 15) is 5.21 Å². The summed E-state index contributed by atoms with van der Waals surface area (Å²) >= 11 is 7.05. The normalized spacial score (nSPS) is 10.9. The number of hydrogen-bond donors (Lipinski definition) is 2. The second-order valence-electron chi connectivity index (χ2n) is 6.36. The Morgan fingerprint density at radius 2 is 2.00 bits per heavy atom. The van der Waals surface area contributed by atoms with Crippen LogP contribution in [0.4, 0.5) is 5.82 Å². The number of anilines is 1. The Bertz CT molecular complexity index is 1230. The number of halogens is 2. The molecule has 0 aliphatic rings. The molecule has 2 N–H and O–H groups in total. The fraction of sp³-hybridized carbons (Fsp3) is 0.150. The minimum Gasteiger partial charge on any atom is -0.496 e. The maximum Gasteiger partial charge on any atom is 0.227 e. The van der Waals surface area contributed by atoms with Crippen molar-refractivity contribution in [2.75, 3.05) is 19.5 Å². The first-order valence-corrected chi connectivity index (χ1v) is 10.5. The Morgan fingerprint density at radius 3 is 2.73 bits per heavy atom. The van der Waals surface area contributed by atoms with Gasteiger partial charge in [-0.15, -0.1) is 0 Å². The summed E-state index contributed by atoms with van der Waals surface area (Å²) in [6, 6.07) is 9.29. The van der Waals surface area contributed by atoms with Crippen LogP contribution >= 0.6 is 31.9 Å². The summed E-state index contributed by atoms with van der Waals surface area (Å²) in [6.07, 6.45) is 4.88. The molecule has 4 rings (SSSR count). The van der Waals surface area contributed by atoms with Gasteiger partial charge < -0.3 is 14.8 Å². The molecule has 0 aliphatic heterocycles. The lowest BCUT2D eigenvalue weighted by atomic mass is 10.1. The van der Waals surface area contributed by atoms with Gasteiger partial charge in [-0.2, -0.15) is 9.61 Å². The molecule has 0 bridgehead atoms. The van der Waals surface area contributed by atoms with Crippen molar-refractivity contribution < 1.29 is 19.4 Å². The van der Waals surface area contributed by atoms with Crippen LogP contribution in [0.2, 0.25) is 0 Å². The molecule has 3 aromatic heterocycles. The maximum atomic E-state index is 9.64. The van der Waals surface area contributed by atoms with Crippen LogP contribution in [0, 0.1) is 0 Å². The van der Waals surface area contributed by atoms with E-state index in [0.29, 0.717) is 29.4 Å². The van der Waals surface area contributed by atoms with E-state index >= 15 is 0 Å². The van der Waals surface area contributed by atoms with Crippen LogP contribution in [0.15, 0.2) is 57.9 Å². The molecule has 0 radical (unpaired) electrons. The van der Waals surface area contributed by atoms with Gasteiger partial charge in [0, 0.05) is 29.0 Å². The van der Waals surface area contributed by atoms with Gasteiger partial charge >= 0.3 is 0 Å². The number of nitrogens with one attached hydrogen (secondary N) is 1. The summed E-state index contributed by atoms with van der Waals surface area (Å²) in [7, 11) is 3.22. The van der Waals surface area contributed by atoms with Crippen LogP contribution in [0.5, 0.6) is 11.5 Å². The lowest BCUT2D eigenvalue weighted by molar-refractivity contribution is -0.905. The highest BCUT2D eigenvalue weighted by atomic mass is 79.9. The Kier molecular flexibility index (Phi) is 5.78. The highest BCUT2D eigenvalue weighted by Crippen LogP contribution is 2.43. The molecule has 0 unspecified atom stereocenters. The number of methoxy groups -OCH3 is 2. The second kappa shape index (κ2) is 8.49. The van der Waals surface area contributed by atoms with Gasteiger partial charge in [-0.1, -0.05) is 0 Å². The molecule has 30 heavy (non-hydrogen) atoms. The number of rotatable bonds is 6. The third kappa shape index (κ3) is 3.80. The van der Waals surface area contributed by atoms with Crippen molar-refractivity contribution in [3.63, 3.8) is 0 Å². The molecule has 0 saturated heterocycles. The Morgan fingerprint density at radius 1 is 1.17 bits per heavy atom. The van der Waals surface area contributed by atoms with Gasteiger partial charge in [-0.3, -0.25) is 5.21 Å². The quantitative estimate of drug-likeness (QED) is 0.286. The van der Waals surface area contributed by atoms with Gasteiger partial charge in [0.05, 0.1) is 40.6 Å². The number of fused-ring (bicyclic) bond motifs is 1. The smallest absolute Gasteiger partial charge is 0.227 e. The van der Waals surface area contributed by atoms with E-state index in [1.54, 1.807) is 43.4 Å². The summed E-state index contributed by atoms with van der Waals surface area (Å²) in [5.41, 5.74) is 2.92. The van der Waals surface area contributed by atoms with Crippen LogP contribution in [0.3, 0.4) is 0 Å². The predicted molar refractivity (Wildman–Crippen MR) is 118 cm³/mol. The van der Waals surface area contributed by atoms with Gasteiger partial charge in [0.1, 0.15) is 17.3 Å². The van der Waals surface area contributed by atoms with E-state index in [2.05, 4.69) is 42.3 Å². The predicted octanol–water partition coefficient (Wildman–Crippen LogP) is 4.08. The van der Waals surface area contributed by atoms with E-state index in [1.165, 1.54) is 0 Å². The first-order chi connectivity index (χ1) is 14.5. The monoisotopic (exact) mass is 534 g/mol. The van der Waals surface area contributed by atoms with Crippen molar-refractivity contribution in [3.05, 3.63) is 63.4 Å². The molecule has 0 aliphatic carbocycles. The molecule has 3 heterocycles. The molecule has 154 valence electrons. The van der Waals surface area contributed by atoms with Gasteiger partial charge in [-0.25, -0.2) is 4.98 Å². The number of hydrogen-bond acceptors (Lipinski definition) is 6. The van der Waals surface area contributed by atoms with Crippen molar-refractivity contribution in [1.29, 1.82) is 0 Å². The fourth-order valence-corrected chi connectivity index (χ4v) is 3.99. The summed E-state index contributed by atoms with van der Waals surface area (Å²) in [6.45, 7) is 0.476. The van der Waals surface area contributed by atoms with Gasteiger partial charge in [0.25, 0.3) is 0 Å². The minimum absolute atomic E-state index is 0.476. The standard InChI is InChI=1S/C20H18Br2N5O3/c1-29-16-6-5-13(21)19(30-2)18(16)15-8-17(27-20(25-15)14(22)10-24-27)23-9-12-4-3-7-26(28)11-12/h3-8,10-11,23,28H,9H2,1-2H3/q+1. The zero-order valence-electron chi connectivity index (χ0n) is 16.1. The van der Waals surface area contributed by atoms with Gasteiger partial charge in [0.15, 0.2) is 5.65 Å². The molecule has 0 atom stereocenters. The molecule has 0 fully saturated rings. The van der Waals surface area contributed by atoms with Crippen LogP contribution in [0.1, 0.15) is 5.56 Å². The Labute approximate surface area is 189 Å². The van der Waals surface area contributed by atoms with Crippen molar-refractivity contribution in [3.8, 4) is 22.8 Å². The molecule has 4 aromatic rings. The molecule has 0 amide bonds. The van der Waals surface area contributed by atoms with Crippen LogP contribution in [-0.2, 0) is 6.54 Å². The van der Waals surface area contributed by atoms with Gasteiger partial charge in [-0.05, 0) is 50.1 Å². The van der Waals surface area contributed by atoms with Crippen molar-refractivity contribution in [2.45, 2.75) is 6.54 Å². The van der Waals surface area contributed by atoms with E-state index in [1.807, 2.05) is 24.3 Å². The molecule has 8 nitrogen and oxygen atoms in total. The van der Waals surface area contributed by atoms with Crippen LogP contribution in [0.25, 0.3) is 16.9 Å². The lowest BCUT2D eigenvalue weighted by Gasteiger charge is -2.16. The molecular formula is C20H18Br2N5O3+. The number of nitrogens with zero attached hydrogens (tertiary/aromatic N) is 4. The summed E-state index contributed by atoms with van der Waals surface area (Å²) in [4.78, 5) is 4.78. The fourth-order valence-electron chi connectivity index (χ4n) is 3.15. The molecule has 10 heteroatoms. The highest BCUT2D eigenvalue weighted by Gasteiger charge is 2.20. The third-order valence-corrected chi connectivity index (χ3v) is 5.69. The molecular weight excluding hydrogens is 518 g/mol. The van der Waals surface area contributed by atoms with E-state index in [-0.39, 0.29) is 0 Å². The van der Waals surface area contributed by atoms with E-state index < -0.39 is 0 Å². The second-order valence-corrected chi connectivity index (χ2v) is 8.07. The number of pyridine rings is 1. The first kappa shape index (κ1) is 20.4. The largest absolute Gasteiger partial charge is 0.496 e. The third-order valence-electron chi connectivity index (χ3n) is 4.50. The Balaban J connectivity index is 1.85. The van der Waals surface area contributed by atoms with Gasteiger partial charge in [0.2, 0.25) is 12.4 Å². The number of aromatic nitrogens is 4. The van der Waals surface area contributed by atoms with Crippen molar-refractivity contribution in [2.24, 2.45) is 0 Å². The highest BCUT2D eigenvalue weighted by molar-refractivity contribution is 9.11. The average Bonchev–Trinajstić information content (AvgIpc) is 3.12. The van der Waals surface area contributed by atoms with Crippen molar-refractivity contribution in [1.82, 2.24) is 14.6 Å². The lowest BCUT2D eigenvalue weighted by Crippen LogP contribution is -2.29. The molecule has 0 saturated carbocycles. The maximum absolute atomic E-state index is 9.64. The Hall–Kier alpha value is -2.85. The summed E-state index contributed by atoms with van der Waals surface area (Å²) < 4.78 is 15.5. The zero-order chi connectivity index (χ0) is 21.3. The summed E-state index contributed by atoms with van der Waals surface area (Å²) in [5.74, 6) is 1.98. The topological polar surface area (TPSA) is 84.8 Å².